The molecular formula is C20H21F3N2O. The molecular weight excluding hydrogens is 341 g/mol. The van der Waals surface area contributed by atoms with Crippen molar-refractivity contribution >= 4 is 11.6 Å². The zero-order valence-corrected chi connectivity index (χ0v) is 14.5. The van der Waals surface area contributed by atoms with E-state index in [-0.39, 0.29) is 18.3 Å². The maximum Gasteiger partial charge on any atom is 0.418 e. The minimum atomic E-state index is -4.50. The largest absolute Gasteiger partial charge is 0.418 e. The first-order valence-corrected chi connectivity index (χ1v) is 8.60. The fourth-order valence-electron chi connectivity index (χ4n) is 3.55. The van der Waals surface area contributed by atoms with Crippen LogP contribution in [0, 0.1) is 0 Å². The van der Waals surface area contributed by atoms with Crippen molar-refractivity contribution in [2.45, 2.75) is 31.5 Å². The smallest absolute Gasteiger partial charge is 0.324 e. The number of likely N-dealkylation sites (N-methyl/N-ethyl adjacent to an activating group) is 1. The van der Waals surface area contributed by atoms with Crippen LogP contribution in [0.5, 0.6) is 0 Å². The number of benzene rings is 2. The number of hydrogen-bond donors (Lipinski definition) is 1. The highest BCUT2D eigenvalue weighted by Gasteiger charge is 2.33. The molecule has 1 aliphatic carbocycles. The third kappa shape index (κ3) is 4.07. The molecule has 0 saturated heterocycles. The lowest BCUT2D eigenvalue weighted by molar-refractivity contribution is -0.137. The third-order valence-electron chi connectivity index (χ3n) is 4.77. The zero-order chi connectivity index (χ0) is 18.7. The van der Waals surface area contributed by atoms with Crippen molar-refractivity contribution in [2.75, 3.05) is 18.9 Å². The number of anilines is 1. The maximum absolute atomic E-state index is 13.1. The molecule has 2 aromatic rings. The molecule has 1 N–H and O–H groups in total. The minimum absolute atomic E-state index is 0.0329. The van der Waals surface area contributed by atoms with Crippen molar-refractivity contribution in [1.82, 2.24) is 4.90 Å². The Morgan fingerprint density at radius 3 is 2.62 bits per heavy atom. The van der Waals surface area contributed by atoms with Gasteiger partial charge in [0.05, 0.1) is 17.8 Å². The normalized spacial score (nSPS) is 17.0. The van der Waals surface area contributed by atoms with Gasteiger partial charge < -0.3 is 5.32 Å². The lowest BCUT2D eigenvalue weighted by Crippen LogP contribution is -2.35. The molecule has 3 rings (SSSR count). The van der Waals surface area contributed by atoms with Gasteiger partial charge in [0.25, 0.3) is 0 Å². The Kier molecular flexibility index (Phi) is 5.32. The van der Waals surface area contributed by atoms with E-state index in [4.69, 9.17) is 0 Å². The van der Waals surface area contributed by atoms with E-state index in [2.05, 4.69) is 17.4 Å². The summed E-state index contributed by atoms with van der Waals surface area (Å²) < 4.78 is 39.2. The average Bonchev–Trinajstić information content (AvgIpc) is 2.60. The Hall–Kier alpha value is -2.34. The molecule has 2 aromatic carbocycles. The van der Waals surface area contributed by atoms with Gasteiger partial charge in [-0.3, -0.25) is 9.69 Å². The summed E-state index contributed by atoms with van der Waals surface area (Å²) in [6.45, 7) is 0.0329. The van der Waals surface area contributed by atoms with Crippen LogP contribution in [0.2, 0.25) is 0 Å². The molecule has 1 amide bonds. The Labute approximate surface area is 150 Å². The number of rotatable bonds is 4. The lowest BCUT2D eigenvalue weighted by Gasteiger charge is -2.33. The summed E-state index contributed by atoms with van der Waals surface area (Å²) in [4.78, 5) is 14.2. The highest BCUT2D eigenvalue weighted by molar-refractivity contribution is 5.93. The molecule has 0 saturated carbocycles. The fourth-order valence-corrected chi connectivity index (χ4v) is 3.55. The first-order valence-electron chi connectivity index (χ1n) is 8.60. The summed E-state index contributed by atoms with van der Waals surface area (Å²) in [6.07, 6.45) is -1.52. The van der Waals surface area contributed by atoms with Crippen LogP contribution < -0.4 is 5.32 Å². The molecule has 0 heterocycles. The van der Waals surface area contributed by atoms with Crippen LogP contribution in [-0.2, 0) is 17.4 Å². The van der Waals surface area contributed by atoms with Gasteiger partial charge in [0, 0.05) is 6.04 Å². The van der Waals surface area contributed by atoms with Crippen molar-refractivity contribution in [1.29, 1.82) is 0 Å². The molecule has 0 spiro atoms. The third-order valence-corrected chi connectivity index (χ3v) is 4.77. The van der Waals surface area contributed by atoms with Crippen LogP contribution in [0.4, 0.5) is 18.9 Å². The number of para-hydroxylation sites is 1. The monoisotopic (exact) mass is 362 g/mol. The number of carbonyl (C=O) groups excluding carboxylic acids is 1. The van der Waals surface area contributed by atoms with Crippen molar-refractivity contribution in [2.24, 2.45) is 0 Å². The van der Waals surface area contributed by atoms with Gasteiger partial charge in [0.2, 0.25) is 5.91 Å². The lowest BCUT2D eigenvalue weighted by atomic mass is 9.87. The number of nitrogens with one attached hydrogen (secondary N) is 1. The van der Waals surface area contributed by atoms with Crippen molar-refractivity contribution in [3.63, 3.8) is 0 Å². The SMILES string of the molecule is CN(CC(=O)Nc1ccccc1C(F)(F)F)C1CCCc2ccccc21. The topological polar surface area (TPSA) is 32.3 Å². The van der Waals surface area contributed by atoms with Gasteiger partial charge in [0.1, 0.15) is 0 Å². The second-order valence-corrected chi connectivity index (χ2v) is 6.61. The fraction of sp³-hybridized carbons (Fsp3) is 0.350. The molecule has 0 aromatic heterocycles. The number of hydrogen-bond acceptors (Lipinski definition) is 2. The standard InChI is InChI=1S/C20H21F3N2O/c1-25(18-12-6-8-14-7-2-3-9-15(14)18)13-19(26)24-17-11-5-4-10-16(17)20(21,22)23/h2-5,7,9-11,18H,6,8,12-13H2,1H3,(H,24,26). The van der Waals surface area contributed by atoms with Crippen LogP contribution in [0.3, 0.4) is 0 Å². The van der Waals surface area contributed by atoms with E-state index in [0.717, 1.165) is 25.3 Å². The van der Waals surface area contributed by atoms with Crippen molar-refractivity contribution in [3.05, 3.63) is 65.2 Å². The predicted octanol–water partition coefficient (Wildman–Crippen LogP) is 4.65. The predicted molar refractivity (Wildman–Crippen MR) is 94.8 cm³/mol. The number of aryl methyl sites for hydroxylation is 1. The van der Waals surface area contributed by atoms with Gasteiger partial charge >= 0.3 is 6.18 Å². The van der Waals surface area contributed by atoms with E-state index in [1.165, 1.54) is 29.3 Å². The number of fused-ring (bicyclic) bond motifs is 1. The number of nitrogens with zero attached hydrogens (tertiary/aromatic N) is 1. The highest BCUT2D eigenvalue weighted by Crippen LogP contribution is 2.35. The maximum atomic E-state index is 13.1. The summed E-state index contributed by atoms with van der Waals surface area (Å²) in [5.74, 6) is -0.452. The number of halogens is 3. The Morgan fingerprint density at radius 2 is 1.85 bits per heavy atom. The van der Waals surface area contributed by atoms with E-state index < -0.39 is 17.6 Å². The summed E-state index contributed by atoms with van der Waals surface area (Å²) in [7, 11) is 1.84. The second-order valence-electron chi connectivity index (χ2n) is 6.61. The molecule has 0 aliphatic heterocycles. The van der Waals surface area contributed by atoms with E-state index in [0.29, 0.717) is 0 Å². The Balaban J connectivity index is 1.70. The van der Waals surface area contributed by atoms with Crippen LogP contribution in [0.15, 0.2) is 48.5 Å². The van der Waals surface area contributed by atoms with Gasteiger partial charge in [-0.1, -0.05) is 36.4 Å². The van der Waals surface area contributed by atoms with Crippen molar-refractivity contribution < 1.29 is 18.0 Å². The van der Waals surface area contributed by atoms with Crippen molar-refractivity contribution in [3.8, 4) is 0 Å². The summed E-state index contributed by atoms with van der Waals surface area (Å²) >= 11 is 0. The van der Waals surface area contributed by atoms with Gasteiger partial charge in [-0.2, -0.15) is 13.2 Å². The summed E-state index contributed by atoms with van der Waals surface area (Å²) in [5, 5.41) is 2.41. The van der Waals surface area contributed by atoms with Crippen LogP contribution in [-0.4, -0.2) is 24.4 Å². The Bertz CT molecular complexity index is 789. The molecule has 6 heteroatoms. The summed E-state index contributed by atoms with van der Waals surface area (Å²) in [5.41, 5.74) is 1.43. The van der Waals surface area contributed by atoms with Gasteiger partial charge in [-0.25, -0.2) is 0 Å². The molecule has 0 radical (unpaired) electrons. The minimum Gasteiger partial charge on any atom is -0.324 e. The van der Waals surface area contributed by atoms with Crippen LogP contribution in [0.1, 0.15) is 35.6 Å². The van der Waals surface area contributed by atoms with Gasteiger partial charge in [-0.15, -0.1) is 0 Å². The molecule has 1 atom stereocenters. The van der Waals surface area contributed by atoms with E-state index >= 15 is 0 Å². The number of amides is 1. The molecule has 26 heavy (non-hydrogen) atoms. The van der Waals surface area contributed by atoms with E-state index in [1.54, 1.807) is 0 Å². The number of alkyl halides is 3. The molecule has 3 nitrogen and oxygen atoms in total. The summed E-state index contributed by atoms with van der Waals surface area (Å²) in [6, 6.07) is 13.3. The molecule has 1 aliphatic rings. The quantitative estimate of drug-likeness (QED) is 0.858. The first-order chi connectivity index (χ1) is 12.4. The second kappa shape index (κ2) is 7.50. The molecule has 138 valence electrons. The van der Waals surface area contributed by atoms with Crippen LogP contribution >= 0.6 is 0 Å². The van der Waals surface area contributed by atoms with E-state index in [1.807, 2.05) is 24.1 Å². The number of carbonyl (C=O) groups is 1. The molecule has 0 fully saturated rings. The van der Waals surface area contributed by atoms with Gasteiger partial charge in [0.15, 0.2) is 0 Å². The Morgan fingerprint density at radius 1 is 1.15 bits per heavy atom. The average molecular weight is 362 g/mol. The zero-order valence-electron chi connectivity index (χ0n) is 14.5. The van der Waals surface area contributed by atoms with Gasteiger partial charge in [-0.05, 0) is 49.6 Å². The first kappa shape index (κ1) is 18.5. The molecule has 0 bridgehead atoms. The highest BCUT2D eigenvalue weighted by atomic mass is 19.4. The van der Waals surface area contributed by atoms with Crippen LogP contribution in [0.25, 0.3) is 0 Å². The molecule has 1 unspecified atom stereocenters. The van der Waals surface area contributed by atoms with E-state index in [9.17, 15) is 18.0 Å².